The van der Waals surface area contributed by atoms with E-state index in [0.29, 0.717) is 5.88 Å². The van der Waals surface area contributed by atoms with Gasteiger partial charge in [0.25, 0.3) is 0 Å². The Morgan fingerprint density at radius 1 is 1.50 bits per heavy atom. The molecular weight excluding hydrogens is 198 g/mol. The van der Waals surface area contributed by atoms with Crippen molar-refractivity contribution >= 4 is 5.57 Å². The Balaban J connectivity index is 2.15. The van der Waals surface area contributed by atoms with E-state index in [9.17, 15) is 0 Å². The van der Waals surface area contributed by atoms with Gasteiger partial charge in [0.1, 0.15) is 0 Å². The molecule has 86 valence electrons. The molecule has 0 saturated carbocycles. The van der Waals surface area contributed by atoms with Crippen molar-refractivity contribution in [3.8, 4) is 5.88 Å². The molecule has 1 aromatic heterocycles. The molecule has 0 spiro atoms. The normalized spacial score (nSPS) is 20.4. The molecule has 2 nitrogen and oxygen atoms in total. The summed E-state index contributed by atoms with van der Waals surface area (Å²) in [6.07, 6.45) is 9.21. The van der Waals surface area contributed by atoms with Crippen molar-refractivity contribution < 1.29 is 4.74 Å². The number of allylic oxidation sites excluding steroid dienone is 2. The molecule has 1 unspecified atom stereocenters. The quantitative estimate of drug-likeness (QED) is 0.770. The van der Waals surface area contributed by atoms with Crippen LogP contribution in [-0.4, -0.2) is 12.1 Å². The van der Waals surface area contributed by atoms with E-state index in [0.717, 1.165) is 5.92 Å². The SMILES string of the molecule is CCC1CC=C(c2ccnc(OC)c2)CC1. The number of methoxy groups -OCH3 is 1. The maximum absolute atomic E-state index is 5.15. The van der Waals surface area contributed by atoms with Crippen LogP contribution in [0.25, 0.3) is 5.57 Å². The lowest BCUT2D eigenvalue weighted by atomic mass is 9.85. The second-order valence-corrected chi connectivity index (χ2v) is 4.36. The number of hydrogen-bond acceptors (Lipinski definition) is 2. The van der Waals surface area contributed by atoms with E-state index >= 15 is 0 Å². The van der Waals surface area contributed by atoms with Crippen molar-refractivity contribution in [1.29, 1.82) is 0 Å². The zero-order valence-electron chi connectivity index (χ0n) is 10.1. The Kier molecular flexibility index (Phi) is 3.60. The third-order valence-electron chi connectivity index (χ3n) is 3.41. The van der Waals surface area contributed by atoms with Gasteiger partial charge in [0.15, 0.2) is 0 Å². The Hall–Kier alpha value is -1.31. The van der Waals surface area contributed by atoms with Crippen molar-refractivity contribution in [3.05, 3.63) is 30.0 Å². The average molecular weight is 217 g/mol. The van der Waals surface area contributed by atoms with Gasteiger partial charge in [0.05, 0.1) is 7.11 Å². The number of aromatic nitrogens is 1. The molecule has 1 aliphatic carbocycles. The van der Waals surface area contributed by atoms with Crippen LogP contribution in [0.5, 0.6) is 5.88 Å². The molecule has 1 atom stereocenters. The zero-order chi connectivity index (χ0) is 11.4. The Labute approximate surface area is 97.4 Å². The van der Waals surface area contributed by atoms with Crippen LogP contribution in [0.1, 0.15) is 38.2 Å². The summed E-state index contributed by atoms with van der Waals surface area (Å²) in [5.74, 6) is 1.59. The third kappa shape index (κ3) is 2.43. The summed E-state index contributed by atoms with van der Waals surface area (Å²) < 4.78 is 5.15. The highest BCUT2D eigenvalue weighted by atomic mass is 16.5. The fourth-order valence-electron chi connectivity index (χ4n) is 2.24. The summed E-state index contributed by atoms with van der Waals surface area (Å²) in [5, 5.41) is 0. The topological polar surface area (TPSA) is 22.1 Å². The summed E-state index contributed by atoms with van der Waals surface area (Å²) in [5.41, 5.74) is 2.71. The van der Waals surface area contributed by atoms with Crippen LogP contribution in [0.3, 0.4) is 0 Å². The second kappa shape index (κ2) is 5.15. The molecule has 0 radical (unpaired) electrons. The standard InChI is InChI=1S/C14H19NO/c1-3-11-4-6-12(7-5-11)13-8-9-15-14(10-13)16-2/h6,8-11H,3-5,7H2,1-2H3. The minimum absolute atomic E-state index is 0.705. The predicted octanol–water partition coefficient (Wildman–Crippen LogP) is 3.68. The Morgan fingerprint density at radius 3 is 3.00 bits per heavy atom. The van der Waals surface area contributed by atoms with Gasteiger partial charge in [0.2, 0.25) is 5.88 Å². The lowest BCUT2D eigenvalue weighted by molar-refractivity contribution is 0.397. The highest BCUT2D eigenvalue weighted by molar-refractivity contribution is 5.66. The number of pyridine rings is 1. The first-order chi connectivity index (χ1) is 7.83. The van der Waals surface area contributed by atoms with E-state index in [1.807, 2.05) is 12.3 Å². The number of rotatable bonds is 3. The molecule has 0 amide bonds. The van der Waals surface area contributed by atoms with E-state index < -0.39 is 0 Å². The molecule has 1 aliphatic rings. The van der Waals surface area contributed by atoms with Crippen molar-refractivity contribution in [3.63, 3.8) is 0 Å². The summed E-state index contributed by atoms with van der Waals surface area (Å²) >= 11 is 0. The average Bonchev–Trinajstić information content (AvgIpc) is 2.39. The van der Waals surface area contributed by atoms with Gasteiger partial charge < -0.3 is 4.74 Å². The summed E-state index contributed by atoms with van der Waals surface area (Å²) in [4.78, 5) is 4.13. The van der Waals surface area contributed by atoms with Gasteiger partial charge >= 0.3 is 0 Å². The molecule has 1 heterocycles. The van der Waals surface area contributed by atoms with Crippen LogP contribution in [0.15, 0.2) is 24.4 Å². The van der Waals surface area contributed by atoms with Crippen LogP contribution in [-0.2, 0) is 0 Å². The van der Waals surface area contributed by atoms with Gasteiger partial charge in [-0.15, -0.1) is 0 Å². The first-order valence-electron chi connectivity index (χ1n) is 6.03. The molecule has 16 heavy (non-hydrogen) atoms. The fourth-order valence-corrected chi connectivity index (χ4v) is 2.24. The largest absolute Gasteiger partial charge is 0.481 e. The van der Waals surface area contributed by atoms with Crippen molar-refractivity contribution in [2.45, 2.75) is 32.6 Å². The van der Waals surface area contributed by atoms with Crippen LogP contribution in [0.4, 0.5) is 0 Å². The highest BCUT2D eigenvalue weighted by Crippen LogP contribution is 2.32. The number of ether oxygens (including phenoxy) is 1. The minimum Gasteiger partial charge on any atom is -0.481 e. The molecule has 2 heteroatoms. The van der Waals surface area contributed by atoms with E-state index in [2.05, 4.69) is 24.1 Å². The van der Waals surface area contributed by atoms with E-state index in [4.69, 9.17) is 4.74 Å². The number of hydrogen-bond donors (Lipinski definition) is 0. The Bertz CT molecular complexity index is 384. The van der Waals surface area contributed by atoms with Crippen molar-refractivity contribution in [2.75, 3.05) is 7.11 Å². The molecule has 0 N–H and O–H groups in total. The fraction of sp³-hybridized carbons (Fsp3) is 0.500. The zero-order valence-corrected chi connectivity index (χ0v) is 10.1. The molecule has 0 fully saturated rings. The first kappa shape index (κ1) is 11.2. The van der Waals surface area contributed by atoms with Gasteiger partial charge in [-0.25, -0.2) is 4.98 Å². The van der Waals surface area contributed by atoms with Crippen molar-refractivity contribution in [1.82, 2.24) is 4.98 Å². The monoisotopic (exact) mass is 217 g/mol. The maximum atomic E-state index is 5.15. The van der Waals surface area contributed by atoms with Crippen LogP contribution in [0, 0.1) is 5.92 Å². The molecular formula is C14H19NO. The van der Waals surface area contributed by atoms with Crippen molar-refractivity contribution in [2.24, 2.45) is 5.92 Å². The smallest absolute Gasteiger partial charge is 0.213 e. The molecule has 0 bridgehead atoms. The van der Waals surface area contributed by atoms with Gasteiger partial charge in [-0.3, -0.25) is 0 Å². The molecule has 1 aromatic rings. The summed E-state index contributed by atoms with van der Waals surface area (Å²) in [7, 11) is 1.66. The van der Waals surface area contributed by atoms with Gasteiger partial charge in [-0.2, -0.15) is 0 Å². The number of nitrogens with zero attached hydrogens (tertiary/aromatic N) is 1. The lowest BCUT2D eigenvalue weighted by Gasteiger charge is -2.20. The van der Waals surface area contributed by atoms with E-state index in [1.165, 1.54) is 36.8 Å². The minimum atomic E-state index is 0.705. The first-order valence-corrected chi connectivity index (χ1v) is 6.03. The van der Waals surface area contributed by atoms with Crippen LogP contribution >= 0.6 is 0 Å². The Morgan fingerprint density at radius 2 is 2.38 bits per heavy atom. The third-order valence-corrected chi connectivity index (χ3v) is 3.41. The molecule has 0 aliphatic heterocycles. The molecule has 0 saturated heterocycles. The lowest BCUT2D eigenvalue weighted by Crippen LogP contribution is -2.04. The predicted molar refractivity (Wildman–Crippen MR) is 66.4 cm³/mol. The second-order valence-electron chi connectivity index (χ2n) is 4.36. The van der Waals surface area contributed by atoms with Crippen LogP contribution < -0.4 is 4.74 Å². The highest BCUT2D eigenvalue weighted by Gasteiger charge is 2.14. The molecule has 0 aromatic carbocycles. The summed E-state index contributed by atoms with van der Waals surface area (Å²) in [6.45, 7) is 2.28. The van der Waals surface area contributed by atoms with Gasteiger partial charge in [-0.05, 0) is 42.4 Å². The molecule has 2 rings (SSSR count). The van der Waals surface area contributed by atoms with Gasteiger partial charge in [0, 0.05) is 12.3 Å². The van der Waals surface area contributed by atoms with E-state index in [1.54, 1.807) is 7.11 Å². The van der Waals surface area contributed by atoms with Gasteiger partial charge in [-0.1, -0.05) is 19.4 Å². The summed E-state index contributed by atoms with van der Waals surface area (Å²) in [6, 6.07) is 4.10. The van der Waals surface area contributed by atoms with E-state index in [-0.39, 0.29) is 0 Å². The maximum Gasteiger partial charge on any atom is 0.213 e. The van der Waals surface area contributed by atoms with Crippen LogP contribution in [0.2, 0.25) is 0 Å².